The lowest BCUT2D eigenvalue weighted by atomic mass is 10.0. The predicted molar refractivity (Wildman–Crippen MR) is 123 cm³/mol. The monoisotopic (exact) mass is 414 g/mol. The number of aliphatic imine (C=N–C) groups is 1. The molecule has 0 radical (unpaired) electrons. The van der Waals surface area contributed by atoms with Crippen molar-refractivity contribution in [2.24, 2.45) is 16.5 Å². The van der Waals surface area contributed by atoms with Crippen molar-refractivity contribution < 1.29 is 9.59 Å². The molecule has 2 aromatic carbocycles. The van der Waals surface area contributed by atoms with Gasteiger partial charge in [0.2, 0.25) is 0 Å². The van der Waals surface area contributed by atoms with Gasteiger partial charge in [-0.1, -0.05) is 30.3 Å². The van der Waals surface area contributed by atoms with Crippen LogP contribution in [0.2, 0.25) is 0 Å². The third-order valence-electron chi connectivity index (χ3n) is 5.49. The van der Waals surface area contributed by atoms with Crippen molar-refractivity contribution in [2.75, 3.05) is 0 Å². The number of nitrogens with one attached hydrogen (secondary N) is 1. The van der Waals surface area contributed by atoms with E-state index in [1.165, 1.54) is 36.4 Å². The van der Waals surface area contributed by atoms with Gasteiger partial charge in [-0.2, -0.15) is 0 Å². The molecule has 2 fully saturated rings. The number of allylic oxidation sites excluding steroid dienone is 1. The Hall–Kier alpha value is -3.67. The summed E-state index contributed by atoms with van der Waals surface area (Å²) in [5.41, 5.74) is 18.2. The first-order valence-electron chi connectivity index (χ1n) is 10.5. The quantitative estimate of drug-likeness (QED) is 0.200. The first-order valence-corrected chi connectivity index (χ1v) is 10.5. The molecule has 2 aliphatic rings. The van der Waals surface area contributed by atoms with Crippen molar-refractivity contribution in [2.45, 2.75) is 38.6 Å². The van der Waals surface area contributed by atoms with Crippen LogP contribution in [0, 0.1) is 6.92 Å². The number of ketones is 1. The standard InChI is InChI=1S/C25H26N4O2/c1-15-5-6-18(23(17-7-8-17)28-20-9-10-20)12-22(15)29-25(27)21(13-26)24(31)19-4-2-3-16(11-19)14-30/h2-6,11-14,20,28H,7-10,26H2,1H3,(H2,27,29). The van der Waals surface area contributed by atoms with Crippen LogP contribution < -0.4 is 16.8 Å². The Morgan fingerprint density at radius 1 is 1.13 bits per heavy atom. The number of hydrogen-bond donors (Lipinski definition) is 3. The van der Waals surface area contributed by atoms with E-state index in [-0.39, 0.29) is 17.2 Å². The van der Waals surface area contributed by atoms with E-state index < -0.39 is 0 Å². The average Bonchev–Trinajstić information content (AvgIpc) is 3.68. The highest BCUT2D eigenvalue weighted by atomic mass is 16.1. The van der Waals surface area contributed by atoms with E-state index in [1.54, 1.807) is 18.2 Å². The molecular formula is C25H26N4O2. The zero-order chi connectivity index (χ0) is 22.0. The summed E-state index contributed by atoms with van der Waals surface area (Å²) in [6.45, 7) is 1.95. The van der Waals surface area contributed by atoms with E-state index in [4.69, 9.17) is 11.5 Å². The maximum absolute atomic E-state index is 12.9. The van der Waals surface area contributed by atoms with Crippen LogP contribution in [0.1, 0.15) is 57.5 Å². The van der Waals surface area contributed by atoms with Crippen LogP contribution >= 0.6 is 0 Å². The van der Waals surface area contributed by atoms with Gasteiger partial charge in [-0.3, -0.25) is 9.59 Å². The number of hydrogen-bond acceptors (Lipinski definition) is 5. The largest absolute Gasteiger partial charge is 0.404 e. The number of nitrogens with zero attached hydrogens (tertiary/aromatic N) is 1. The fraction of sp³-hybridized carbons (Fsp3) is 0.240. The zero-order valence-electron chi connectivity index (χ0n) is 17.5. The lowest BCUT2D eigenvalue weighted by molar-refractivity contribution is 0.104. The number of aldehydes is 1. The second-order valence-electron chi connectivity index (χ2n) is 8.05. The SMILES string of the molecule is Cc1ccc(C(NC2CC2)=C2CC2)cc1N=C(N)C(=CN)C(=O)c1cccc(C=O)c1. The Kier molecular flexibility index (Phi) is 5.71. The van der Waals surface area contributed by atoms with Gasteiger partial charge in [-0.05, 0) is 61.4 Å². The highest BCUT2D eigenvalue weighted by Crippen LogP contribution is 2.38. The molecule has 6 nitrogen and oxygen atoms in total. The maximum Gasteiger partial charge on any atom is 0.198 e. The molecule has 0 aliphatic heterocycles. The molecular weight excluding hydrogens is 388 g/mol. The lowest BCUT2D eigenvalue weighted by Gasteiger charge is -2.13. The number of carbonyl (C=O) groups is 2. The van der Waals surface area contributed by atoms with Crippen molar-refractivity contribution in [1.82, 2.24) is 5.32 Å². The molecule has 0 saturated heterocycles. The molecule has 0 unspecified atom stereocenters. The smallest absolute Gasteiger partial charge is 0.198 e. The van der Waals surface area contributed by atoms with Gasteiger partial charge in [-0.15, -0.1) is 0 Å². The minimum atomic E-state index is -0.377. The molecule has 31 heavy (non-hydrogen) atoms. The first-order chi connectivity index (χ1) is 15.0. The highest BCUT2D eigenvalue weighted by molar-refractivity contribution is 6.27. The number of rotatable bonds is 8. The molecule has 0 bridgehead atoms. The summed E-state index contributed by atoms with van der Waals surface area (Å²) in [5, 5.41) is 3.64. The zero-order valence-corrected chi connectivity index (χ0v) is 17.5. The topological polar surface area (TPSA) is 111 Å². The Balaban J connectivity index is 1.64. The molecule has 6 heteroatoms. The fourth-order valence-electron chi connectivity index (χ4n) is 3.40. The van der Waals surface area contributed by atoms with Crippen LogP contribution in [0.15, 0.2) is 64.8 Å². The van der Waals surface area contributed by atoms with Crippen LogP contribution in [0.25, 0.3) is 5.70 Å². The van der Waals surface area contributed by atoms with Crippen molar-refractivity contribution in [3.8, 4) is 0 Å². The van der Waals surface area contributed by atoms with Crippen LogP contribution in [-0.2, 0) is 0 Å². The summed E-state index contributed by atoms with van der Waals surface area (Å²) >= 11 is 0. The minimum Gasteiger partial charge on any atom is -0.404 e. The van der Waals surface area contributed by atoms with Crippen LogP contribution in [0.3, 0.4) is 0 Å². The molecule has 2 aromatic rings. The second kappa shape index (κ2) is 8.60. The van der Waals surface area contributed by atoms with Gasteiger partial charge in [-0.25, -0.2) is 4.99 Å². The van der Waals surface area contributed by atoms with Gasteiger partial charge < -0.3 is 16.8 Å². The maximum atomic E-state index is 12.9. The Morgan fingerprint density at radius 2 is 1.90 bits per heavy atom. The molecule has 0 amide bonds. The Labute approximate surface area is 181 Å². The average molecular weight is 415 g/mol. The molecule has 5 N–H and O–H groups in total. The highest BCUT2D eigenvalue weighted by Gasteiger charge is 2.27. The van der Waals surface area contributed by atoms with E-state index in [2.05, 4.69) is 16.4 Å². The van der Waals surface area contributed by atoms with Crippen molar-refractivity contribution >= 4 is 29.3 Å². The first kappa shape index (κ1) is 20.6. The summed E-state index contributed by atoms with van der Waals surface area (Å²) < 4.78 is 0. The molecule has 2 saturated carbocycles. The third kappa shape index (κ3) is 4.74. The number of amidine groups is 1. The second-order valence-corrected chi connectivity index (χ2v) is 8.05. The van der Waals surface area contributed by atoms with Crippen LogP contribution in [0.4, 0.5) is 5.69 Å². The summed E-state index contributed by atoms with van der Waals surface area (Å²) in [4.78, 5) is 28.5. The number of Topliss-reactive ketones (excluding diaryl/α,β-unsaturated/α-hetero) is 1. The Morgan fingerprint density at radius 3 is 2.55 bits per heavy atom. The Bertz CT molecular complexity index is 1130. The molecule has 0 atom stereocenters. The minimum absolute atomic E-state index is 0.0417. The fourth-order valence-corrected chi connectivity index (χ4v) is 3.40. The van der Waals surface area contributed by atoms with Gasteiger partial charge in [0.15, 0.2) is 5.78 Å². The van der Waals surface area contributed by atoms with Crippen molar-refractivity contribution in [3.63, 3.8) is 0 Å². The summed E-state index contributed by atoms with van der Waals surface area (Å²) in [5.74, 6) is -0.336. The molecule has 4 rings (SSSR count). The van der Waals surface area contributed by atoms with Gasteiger partial charge in [0.1, 0.15) is 12.1 Å². The van der Waals surface area contributed by atoms with Gasteiger partial charge >= 0.3 is 0 Å². The lowest BCUT2D eigenvalue weighted by Crippen LogP contribution is -2.22. The molecule has 2 aliphatic carbocycles. The van der Waals surface area contributed by atoms with E-state index in [0.717, 1.165) is 24.0 Å². The molecule has 0 spiro atoms. The summed E-state index contributed by atoms with van der Waals surface area (Å²) in [6, 6.07) is 13.1. The van der Waals surface area contributed by atoms with E-state index in [9.17, 15) is 9.59 Å². The normalized spacial score (nSPS) is 16.1. The van der Waals surface area contributed by atoms with Crippen molar-refractivity contribution in [1.29, 1.82) is 0 Å². The summed E-state index contributed by atoms with van der Waals surface area (Å²) in [7, 11) is 0. The van der Waals surface area contributed by atoms with E-state index in [1.807, 2.05) is 19.1 Å². The van der Waals surface area contributed by atoms with Crippen molar-refractivity contribution in [3.05, 3.63) is 82.1 Å². The van der Waals surface area contributed by atoms with E-state index >= 15 is 0 Å². The number of benzene rings is 2. The third-order valence-corrected chi connectivity index (χ3v) is 5.49. The van der Waals surface area contributed by atoms with Gasteiger partial charge in [0, 0.05) is 29.1 Å². The van der Waals surface area contributed by atoms with Crippen LogP contribution in [0.5, 0.6) is 0 Å². The summed E-state index contributed by atoms with van der Waals surface area (Å²) in [6.07, 6.45) is 6.52. The number of carbonyl (C=O) groups excluding carboxylic acids is 2. The molecule has 0 aromatic heterocycles. The molecule has 158 valence electrons. The van der Waals surface area contributed by atoms with E-state index in [0.29, 0.717) is 29.1 Å². The number of aryl methyl sites for hydroxylation is 1. The molecule has 0 heterocycles. The van der Waals surface area contributed by atoms with Crippen LogP contribution in [-0.4, -0.2) is 23.9 Å². The number of nitrogens with two attached hydrogens (primary N) is 2. The van der Waals surface area contributed by atoms with Gasteiger partial charge in [0.25, 0.3) is 0 Å². The predicted octanol–water partition coefficient (Wildman–Crippen LogP) is 3.78. The van der Waals surface area contributed by atoms with Gasteiger partial charge in [0.05, 0.1) is 11.3 Å².